The lowest BCUT2D eigenvalue weighted by Gasteiger charge is -1.65. The first-order chi connectivity index (χ1) is 4.46. The first-order valence-corrected chi connectivity index (χ1v) is 12.1. The largest absolute Gasteiger partial charge is 0.326 e. The van der Waals surface area contributed by atoms with Crippen LogP contribution in [0.3, 0.4) is 0 Å². The van der Waals surface area contributed by atoms with Gasteiger partial charge in [0.2, 0.25) is 0 Å². The molecule has 0 saturated heterocycles. The van der Waals surface area contributed by atoms with Gasteiger partial charge in [0.15, 0.2) is 0 Å². The normalized spacial score (nSPS) is 7.40. The minimum Gasteiger partial charge on any atom is -0.130 e. The van der Waals surface area contributed by atoms with Gasteiger partial charge in [0.25, 0.3) is 0 Å². The summed E-state index contributed by atoms with van der Waals surface area (Å²) in [5.74, 6) is 0. The van der Waals surface area contributed by atoms with Crippen molar-refractivity contribution in [2.24, 2.45) is 0 Å². The highest BCUT2D eigenvalue weighted by molar-refractivity contribution is 7.54. The highest BCUT2D eigenvalue weighted by Crippen LogP contribution is 1.97. The Hall–Kier alpha value is 1.73. The number of hydrogen-bond donors (Lipinski definition) is 0. The molecular formula is C2H4Cl6Si2. The fourth-order valence-corrected chi connectivity index (χ4v) is 0. The molecule has 0 nitrogen and oxygen atoms in total. The van der Waals surface area contributed by atoms with E-state index in [4.69, 9.17) is 66.5 Å². The number of terminal acetylenes is 1. The third-order valence-electron chi connectivity index (χ3n) is 0. The molecule has 10 heavy (non-hydrogen) atoms. The maximum Gasteiger partial charge on any atom is 0.326 e. The van der Waals surface area contributed by atoms with Crippen molar-refractivity contribution in [2.75, 3.05) is 0 Å². The minimum absolute atomic E-state index is 1.72. The molecule has 62 valence electrons. The predicted molar refractivity (Wildman–Crippen MR) is 59.3 cm³/mol. The van der Waals surface area contributed by atoms with Crippen LogP contribution in [-0.4, -0.2) is 13.5 Å². The van der Waals surface area contributed by atoms with E-state index in [1.54, 1.807) is 0 Å². The molecule has 0 amide bonds. The van der Waals surface area contributed by atoms with Gasteiger partial charge in [-0.2, -0.15) is 0 Å². The van der Waals surface area contributed by atoms with Crippen molar-refractivity contribution in [1.82, 2.24) is 0 Å². The van der Waals surface area contributed by atoms with Gasteiger partial charge in [0, 0.05) is 0 Å². The maximum atomic E-state index is 4.94. The van der Waals surface area contributed by atoms with E-state index in [1.807, 2.05) is 0 Å². The van der Waals surface area contributed by atoms with Crippen LogP contribution >= 0.6 is 66.5 Å². The average molecular weight is 297 g/mol. The second-order valence-electron chi connectivity index (χ2n) is 0.495. The second kappa shape index (κ2) is 17.0. The topological polar surface area (TPSA) is 0 Å². The standard InChI is InChI=1S/C2H2.2Cl3HSi/c1-2;2*1-4(2)3/h1-2H;2*4H. The summed E-state index contributed by atoms with van der Waals surface area (Å²) < 4.78 is 0. The van der Waals surface area contributed by atoms with Crippen LogP contribution in [0.25, 0.3) is 0 Å². The van der Waals surface area contributed by atoms with Crippen molar-refractivity contribution in [1.29, 1.82) is 0 Å². The van der Waals surface area contributed by atoms with Crippen LogP contribution in [0.15, 0.2) is 0 Å². The molecule has 0 aromatic carbocycles. The zero-order chi connectivity index (χ0) is 9.15. The number of rotatable bonds is 0. The first-order valence-electron chi connectivity index (χ1n) is 1.64. The molecule has 0 aliphatic rings. The highest BCUT2D eigenvalue weighted by Gasteiger charge is 1.85. The lowest BCUT2D eigenvalue weighted by Crippen LogP contribution is -1.66. The molecule has 0 N–H and O–H groups in total. The molecule has 8 heteroatoms. The summed E-state index contributed by atoms with van der Waals surface area (Å²) in [5, 5.41) is 0. The van der Waals surface area contributed by atoms with E-state index in [-0.39, 0.29) is 0 Å². The fraction of sp³-hybridized carbons (Fsp3) is 0. The van der Waals surface area contributed by atoms with Crippen LogP contribution in [0.1, 0.15) is 0 Å². The van der Waals surface area contributed by atoms with Crippen LogP contribution < -0.4 is 0 Å². The molecule has 0 unspecified atom stereocenters. The summed E-state index contributed by atoms with van der Waals surface area (Å²) in [6.07, 6.45) is 8.00. The Morgan fingerprint density at radius 2 is 0.600 bits per heavy atom. The predicted octanol–water partition coefficient (Wildman–Crippen LogP) is 3.09. The first kappa shape index (κ1) is 17.7. The van der Waals surface area contributed by atoms with Crippen molar-refractivity contribution in [3.8, 4) is 12.8 Å². The van der Waals surface area contributed by atoms with Gasteiger partial charge in [-0.15, -0.1) is 79.3 Å². The van der Waals surface area contributed by atoms with E-state index in [1.165, 1.54) is 0 Å². The zero-order valence-corrected chi connectivity index (χ0v) is 11.4. The van der Waals surface area contributed by atoms with Crippen molar-refractivity contribution in [3.63, 3.8) is 0 Å². The summed E-state index contributed by atoms with van der Waals surface area (Å²) >= 11 is 29.7. The van der Waals surface area contributed by atoms with Crippen LogP contribution in [0.4, 0.5) is 0 Å². The molecule has 0 aliphatic carbocycles. The number of hydrogen-bond acceptors (Lipinski definition) is 0. The van der Waals surface area contributed by atoms with E-state index in [0.717, 1.165) is 0 Å². The monoisotopic (exact) mass is 294 g/mol. The quantitative estimate of drug-likeness (QED) is 0.366. The Labute approximate surface area is 92.1 Å². The van der Waals surface area contributed by atoms with Crippen LogP contribution in [0.5, 0.6) is 0 Å². The molecule has 0 rings (SSSR count). The Morgan fingerprint density at radius 3 is 0.600 bits per heavy atom. The molecule has 0 saturated carbocycles. The van der Waals surface area contributed by atoms with Crippen molar-refractivity contribution in [2.45, 2.75) is 0 Å². The molecule has 0 heterocycles. The molecule has 0 aromatic heterocycles. The molecule has 0 bridgehead atoms. The Balaban J connectivity index is -0.0000000787. The third kappa shape index (κ3) is 247. The summed E-state index contributed by atoms with van der Waals surface area (Å²) in [6.45, 7) is -3.44. The van der Waals surface area contributed by atoms with Gasteiger partial charge >= 0.3 is 13.5 Å². The van der Waals surface area contributed by atoms with E-state index in [2.05, 4.69) is 12.8 Å². The summed E-state index contributed by atoms with van der Waals surface area (Å²) in [6, 6.07) is 0. The van der Waals surface area contributed by atoms with Gasteiger partial charge in [0.05, 0.1) is 0 Å². The molecule has 0 spiro atoms. The third-order valence-corrected chi connectivity index (χ3v) is 0. The van der Waals surface area contributed by atoms with Crippen LogP contribution in [0, 0.1) is 12.8 Å². The molecule has 0 aromatic rings. The molecule has 0 fully saturated rings. The van der Waals surface area contributed by atoms with E-state index in [9.17, 15) is 0 Å². The fourth-order valence-electron chi connectivity index (χ4n) is 0. The van der Waals surface area contributed by atoms with E-state index in [0.29, 0.717) is 0 Å². The Morgan fingerprint density at radius 1 is 0.600 bits per heavy atom. The van der Waals surface area contributed by atoms with Gasteiger partial charge in [-0.3, -0.25) is 0 Å². The van der Waals surface area contributed by atoms with Crippen LogP contribution in [0.2, 0.25) is 0 Å². The smallest absolute Gasteiger partial charge is 0.130 e. The van der Waals surface area contributed by atoms with Gasteiger partial charge in [-0.05, 0) is 0 Å². The van der Waals surface area contributed by atoms with Crippen LogP contribution in [-0.2, 0) is 0 Å². The molecule has 0 atom stereocenters. The zero-order valence-electron chi connectivity index (χ0n) is 4.58. The van der Waals surface area contributed by atoms with Crippen molar-refractivity contribution < 1.29 is 0 Å². The Bertz CT molecular complexity index is 50.5. The summed E-state index contributed by atoms with van der Waals surface area (Å²) in [7, 11) is 0. The molecular weight excluding hydrogens is 293 g/mol. The van der Waals surface area contributed by atoms with E-state index >= 15 is 0 Å². The lowest BCUT2D eigenvalue weighted by atomic mass is 11.4. The average Bonchev–Trinajstić information content (AvgIpc) is 1.66. The minimum atomic E-state index is -1.72. The lowest BCUT2D eigenvalue weighted by molar-refractivity contribution is 3.31. The summed E-state index contributed by atoms with van der Waals surface area (Å²) in [5.41, 5.74) is 0. The van der Waals surface area contributed by atoms with E-state index < -0.39 is 13.5 Å². The molecule has 0 aliphatic heterocycles. The second-order valence-corrected chi connectivity index (χ2v) is 13.4. The summed E-state index contributed by atoms with van der Waals surface area (Å²) in [4.78, 5) is 0. The SMILES string of the molecule is C#C.Cl[SiH](Cl)Cl.Cl[SiH](Cl)Cl. The van der Waals surface area contributed by atoms with Crippen molar-refractivity contribution in [3.05, 3.63) is 0 Å². The molecule has 0 radical (unpaired) electrons. The van der Waals surface area contributed by atoms with Gasteiger partial charge in [0.1, 0.15) is 0 Å². The van der Waals surface area contributed by atoms with Gasteiger partial charge in [-0.25, -0.2) is 0 Å². The Kier molecular flexibility index (Phi) is 30.1. The number of halogens is 6. The van der Waals surface area contributed by atoms with Gasteiger partial charge < -0.3 is 0 Å². The van der Waals surface area contributed by atoms with Gasteiger partial charge in [-0.1, -0.05) is 0 Å². The highest BCUT2D eigenvalue weighted by atomic mass is 35.8. The van der Waals surface area contributed by atoms with Crippen molar-refractivity contribution >= 4 is 79.9 Å². The maximum absolute atomic E-state index is 4.94.